The summed E-state index contributed by atoms with van der Waals surface area (Å²) in [5.41, 5.74) is 5.19. The molecule has 0 saturated carbocycles. The Kier molecular flexibility index (Phi) is 2.91. The Hall–Kier alpha value is -1.98. The molecule has 6 heteroatoms. The second-order valence-corrected chi connectivity index (χ2v) is 2.30. The fourth-order valence-corrected chi connectivity index (χ4v) is 0.692. The van der Waals surface area contributed by atoms with Gasteiger partial charge in [0, 0.05) is 19.3 Å². The van der Waals surface area contributed by atoms with E-state index < -0.39 is 0 Å². The van der Waals surface area contributed by atoms with Gasteiger partial charge in [-0.2, -0.15) is 5.10 Å². The molecule has 0 spiro atoms. The maximum Gasteiger partial charge on any atom is 0.214 e. The van der Waals surface area contributed by atoms with Gasteiger partial charge in [0.1, 0.15) is 6.33 Å². The van der Waals surface area contributed by atoms with E-state index in [0.29, 0.717) is 5.65 Å². The van der Waals surface area contributed by atoms with Crippen molar-refractivity contribution in [2.45, 2.75) is 6.92 Å². The smallest absolute Gasteiger partial charge is 0.214 e. The lowest BCUT2D eigenvalue weighted by Gasteiger charge is -1.79. The van der Waals surface area contributed by atoms with Crippen molar-refractivity contribution in [2.75, 3.05) is 0 Å². The average Bonchev–Trinajstić information content (AvgIpc) is 2.49. The number of aromatic nitrogens is 4. The van der Waals surface area contributed by atoms with E-state index in [1.54, 1.807) is 12.4 Å². The number of nitrogens with two attached hydrogens (primary N) is 1. The maximum atomic E-state index is 9.22. The SMILES string of the molecule is CC(N)=O.c1ncc2c[nH]nc2n1. The van der Waals surface area contributed by atoms with E-state index in [0.717, 1.165) is 5.39 Å². The zero-order chi connectivity index (χ0) is 9.68. The number of hydrogen-bond donors (Lipinski definition) is 2. The van der Waals surface area contributed by atoms with Crippen LogP contribution in [0.2, 0.25) is 0 Å². The summed E-state index contributed by atoms with van der Waals surface area (Å²) in [6, 6.07) is 0. The van der Waals surface area contributed by atoms with E-state index >= 15 is 0 Å². The Labute approximate surface area is 74.2 Å². The van der Waals surface area contributed by atoms with Crippen molar-refractivity contribution in [3.05, 3.63) is 18.7 Å². The first kappa shape index (κ1) is 9.11. The fraction of sp³-hybridized carbons (Fsp3) is 0.143. The van der Waals surface area contributed by atoms with E-state index in [1.807, 2.05) is 0 Å². The van der Waals surface area contributed by atoms with Crippen molar-refractivity contribution in [1.82, 2.24) is 20.2 Å². The second-order valence-electron chi connectivity index (χ2n) is 2.30. The Morgan fingerprint density at radius 2 is 2.31 bits per heavy atom. The number of nitrogens with zero attached hydrogens (tertiary/aromatic N) is 3. The molecule has 0 aliphatic carbocycles. The number of carbonyl (C=O) groups excluding carboxylic acids is 1. The van der Waals surface area contributed by atoms with Gasteiger partial charge in [0.25, 0.3) is 0 Å². The molecule has 1 amide bonds. The zero-order valence-corrected chi connectivity index (χ0v) is 7.06. The van der Waals surface area contributed by atoms with Gasteiger partial charge in [0.05, 0.1) is 5.39 Å². The minimum Gasteiger partial charge on any atom is -0.370 e. The monoisotopic (exact) mass is 179 g/mol. The van der Waals surface area contributed by atoms with E-state index in [4.69, 9.17) is 0 Å². The summed E-state index contributed by atoms with van der Waals surface area (Å²) in [6.07, 6.45) is 4.95. The maximum absolute atomic E-state index is 9.22. The number of H-pyrrole nitrogens is 1. The predicted octanol–water partition coefficient (Wildman–Crippen LogP) is -0.156. The summed E-state index contributed by atoms with van der Waals surface area (Å²) >= 11 is 0. The lowest BCUT2D eigenvalue weighted by atomic mass is 10.5. The molecule has 3 N–H and O–H groups in total. The predicted molar refractivity (Wildman–Crippen MR) is 46.6 cm³/mol. The number of carbonyl (C=O) groups is 1. The molecule has 6 nitrogen and oxygen atoms in total. The molecule has 2 heterocycles. The highest BCUT2D eigenvalue weighted by Gasteiger charge is 1.91. The van der Waals surface area contributed by atoms with Crippen LogP contribution in [0.15, 0.2) is 18.7 Å². The van der Waals surface area contributed by atoms with Gasteiger partial charge in [-0.15, -0.1) is 0 Å². The van der Waals surface area contributed by atoms with Gasteiger partial charge < -0.3 is 5.73 Å². The summed E-state index contributed by atoms with van der Waals surface area (Å²) in [4.78, 5) is 16.9. The Bertz CT molecular complexity index is 362. The Balaban J connectivity index is 0.000000184. The molecule has 0 aliphatic heterocycles. The van der Waals surface area contributed by atoms with E-state index in [9.17, 15) is 4.79 Å². The topological polar surface area (TPSA) is 97.6 Å². The minimum atomic E-state index is -0.333. The lowest BCUT2D eigenvalue weighted by Crippen LogP contribution is -2.01. The molecule has 2 aromatic rings. The summed E-state index contributed by atoms with van der Waals surface area (Å²) < 4.78 is 0. The van der Waals surface area contributed by atoms with Gasteiger partial charge in [-0.05, 0) is 0 Å². The molecule has 0 bridgehead atoms. The largest absolute Gasteiger partial charge is 0.370 e. The standard InChI is InChI=1S/C5H4N4.C2H5NO/c1-4-2-8-9-5(4)7-3-6-1;1-2(3)4/h1-3H,(H,6,7,8,9);1H3,(H2,3,4). The molecule has 0 saturated heterocycles. The van der Waals surface area contributed by atoms with Crippen molar-refractivity contribution in [2.24, 2.45) is 5.73 Å². The number of aromatic amines is 1. The van der Waals surface area contributed by atoms with Gasteiger partial charge in [-0.3, -0.25) is 9.89 Å². The number of nitrogens with one attached hydrogen (secondary N) is 1. The zero-order valence-electron chi connectivity index (χ0n) is 7.06. The highest BCUT2D eigenvalue weighted by atomic mass is 16.1. The van der Waals surface area contributed by atoms with Crippen LogP contribution in [0.3, 0.4) is 0 Å². The van der Waals surface area contributed by atoms with Crippen LogP contribution in [0.4, 0.5) is 0 Å². The lowest BCUT2D eigenvalue weighted by molar-refractivity contribution is -0.115. The van der Waals surface area contributed by atoms with Crippen LogP contribution in [0.1, 0.15) is 6.92 Å². The summed E-state index contributed by atoms with van der Waals surface area (Å²) in [7, 11) is 0. The molecule has 0 aliphatic rings. The van der Waals surface area contributed by atoms with Crippen molar-refractivity contribution in [3.8, 4) is 0 Å². The van der Waals surface area contributed by atoms with Crippen molar-refractivity contribution < 1.29 is 4.79 Å². The number of amides is 1. The third-order valence-corrected chi connectivity index (χ3v) is 1.11. The Morgan fingerprint density at radius 3 is 2.92 bits per heavy atom. The van der Waals surface area contributed by atoms with Gasteiger partial charge in [0.15, 0.2) is 5.65 Å². The first-order valence-electron chi connectivity index (χ1n) is 3.55. The van der Waals surface area contributed by atoms with Crippen LogP contribution in [0, 0.1) is 0 Å². The fourth-order valence-electron chi connectivity index (χ4n) is 0.692. The van der Waals surface area contributed by atoms with Crippen molar-refractivity contribution in [3.63, 3.8) is 0 Å². The van der Waals surface area contributed by atoms with Crippen molar-refractivity contribution in [1.29, 1.82) is 0 Å². The Morgan fingerprint density at radius 1 is 1.62 bits per heavy atom. The van der Waals surface area contributed by atoms with Gasteiger partial charge in [-0.1, -0.05) is 0 Å². The van der Waals surface area contributed by atoms with Gasteiger partial charge in [-0.25, -0.2) is 9.97 Å². The number of hydrogen-bond acceptors (Lipinski definition) is 4. The molecular formula is C7H9N5O. The number of fused-ring (bicyclic) bond motifs is 1. The third kappa shape index (κ3) is 2.86. The molecule has 0 radical (unpaired) electrons. The van der Waals surface area contributed by atoms with E-state index in [-0.39, 0.29) is 5.91 Å². The normalized spacial score (nSPS) is 9.00. The van der Waals surface area contributed by atoms with Crippen LogP contribution >= 0.6 is 0 Å². The molecule has 13 heavy (non-hydrogen) atoms. The first-order chi connectivity index (χ1) is 6.20. The van der Waals surface area contributed by atoms with Crippen LogP contribution in [0.5, 0.6) is 0 Å². The summed E-state index contributed by atoms with van der Waals surface area (Å²) in [5, 5.41) is 7.47. The van der Waals surface area contributed by atoms with Crippen molar-refractivity contribution >= 4 is 16.9 Å². The van der Waals surface area contributed by atoms with Gasteiger partial charge >= 0.3 is 0 Å². The summed E-state index contributed by atoms with van der Waals surface area (Å²) in [6.45, 7) is 1.31. The molecule has 0 aromatic carbocycles. The van der Waals surface area contributed by atoms with Crippen LogP contribution < -0.4 is 5.73 Å². The molecule has 0 unspecified atom stereocenters. The van der Waals surface area contributed by atoms with Crippen LogP contribution in [-0.4, -0.2) is 26.1 Å². The molecule has 2 aromatic heterocycles. The third-order valence-electron chi connectivity index (χ3n) is 1.11. The number of primary amides is 1. The second kappa shape index (κ2) is 4.15. The molecule has 2 rings (SSSR count). The van der Waals surface area contributed by atoms with Gasteiger partial charge in [0.2, 0.25) is 5.91 Å². The average molecular weight is 179 g/mol. The summed E-state index contributed by atoms with van der Waals surface area (Å²) in [5.74, 6) is -0.333. The first-order valence-corrected chi connectivity index (χ1v) is 3.55. The molecular weight excluding hydrogens is 170 g/mol. The van der Waals surface area contributed by atoms with E-state index in [2.05, 4.69) is 25.9 Å². The highest BCUT2D eigenvalue weighted by molar-refractivity contribution is 5.71. The number of rotatable bonds is 0. The molecule has 0 atom stereocenters. The van der Waals surface area contributed by atoms with Crippen LogP contribution in [-0.2, 0) is 4.79 Å². The highest BCUT2D eigenvalue weighted by Crippen LogP contribution is 2.01. The molecule has 0 fully saturated rings. The molecule has 68 valence electrons. The van der Waals surface area contributed by atoms with E-state index in [1.165, 1.54) is 13.3 Å². The minimum absolute atomic E-state index is 0.333. The quantitative estimate of drug-likeness (QED) is 0.587. The van der Waals surface area contributed by atoms with Crippen LogP contribution in [0.25, 0.3) is 11.0 Å².